The van der Waals surface area contributed by atoms with Gasteiger partial charge in [-0.05, 0) is 88.5 Å². The van der Waals surface area contributed by atoms with E-state index in [1.165, 1.54) is 0 Å². The molecule has 1 aliphatic rings. The Morgan fingerprint density at radius 1 is 1.36 bits per heavy atom. The van der Waals surface area contributed by atoms with Crippen molar-refractivity contribution in [3.63, 3.8) is 0 Å². The maximum absolute atomic E-state index is 12.3. The molecule has 182 valence electrons. The number of piperidine rings is 1. The molecule has 1 aromatic carbocycles. The summed E-state index contributed by atoms with van der Waals surface area (Å²) < 4.78 is 11.3. The third-order valence-corrected chi connectivity index (χ3v) is 5.93. The lowest BCUT2D eigenvalue weighted by atomic mass is 9.92. The zero-order valence-corrected chi connectivity index (χ0v) is 20.2. The Bertz CT molecular complexity index is 893. The lowest BCUT2D eigenvalue weighted by Gasteiger charge is -2.30. The van der Waals surface area contributed by atoms with Gasteiger partial charge in [-0.1, -0.05) is 0 Å². The van der Waals surface area contributed by atoms with Gasteiger partial charge in [-0.25, -0.2) is 0 Å². The van der Waals surface area contributed by atoms with Crippen LogP contribution in [0.5, 0.6) is 5.75 Å². The van der Waals surface area contributed by atoms with E-state index in [-0.39, 0.29) is 18.6 Å². The number of hydrogen-bond donors (Lipinski definition) is 2. The summed E-state index contributed by atoms with van der Waals surface area (Å²) >= 11 is 0. The van der Waals surface area contributed by atoms with Crippen molar-refractivity contribution in [3.05, 3.63) is 35.2 Å². The first kappa shape index (κ1) is 25.0. The quantitative estimate of drug-likeness (QED) is 0.494. The second-order valence-corrected chi connectivity index (χ2v) is 9.18. The standard InChI is InChI=1S/C24H37N5O4/c1-17-14-20(7-8-21(17)23(31)25-18(2)16-30)32-13-5-6-19-9-11-29(12-10-19)24-26-22(33-27-24)15-28(3)4/h7-8,14,18-19,30H,5-6,9-13,15-16H2,1-4H3,(H,25,31)/t18-/m1/s1. The highest BCUT2D eigenvalue weighted by molar-refractivity contribution is 5.95. The Morgan fingerprint density at radius 2 is 2.12 bits per heavy atom. The molecule has 1 aliphatic heterocycles. The van der Waals surface area contributed by atoms with Crippen molar-refractivity contribution in [1.29, 1.82) is 0 Å². The first-order valence-corrected chi connectivity index (χ1v) is 11.7. The number of hydrogen-bond acceptors (Lipinski definition) is 8. The third kappa shape index (κ3) is 7.43. The van der Waals surface area contributed by atoms with Gasteiger partial charge in [-0.2, -0.15) is 4.98 Å². The number of rotatable bonds is 11. The van der Waals surface area contributed by atoms with Gasteiger partial charge in [0.25, 0.3) is 11.9 Å². The maximum Gasteiger partial charge on any atom is 0.266 e. The SMILES string of the molecule is Cc1cc(OCCCC2CCN(c3noc(CN(C)C)n3)CC2)ccc1C(=O)N[C@H](C)CO. The number of amides is 1. The Labute approximate surface area is 196 Å². The summed E-state index contributed by atoms with van der Waals surface area (Å²) in [5.41, 5.74) is 1.46. The molecule has 33 heavy (non-hydrogen) atoms. The fourth-order valence-electron chi connectivity index (χ4n) is 4.02. The summed E-state index contributed by atoms with van der Waals surface area (Å²) in [4.78, 5) is 21.0. The van der Waals surface area contributed by atoms with Gasteiger partial charge < -0.3 is 29.5 Å². The molecule has 0 unspecified atom stereocenters. The van der Waals surface area contributed by atoms with E-state index < -0.39 is 0 Å². The second-order valence-electron chi connectivity index (χ2n) is 9.18. The molecular formula is C24H37N5O4. The number of nitrogens with zero attached hydrogens (tertiary/aromatic N) is 4. The van der Waals surface area contributed by atoms with Gasteiger partial charge in [-0.3, -0.25) is 4.79 Å². The minimum atomic E-state index is -0.271. The van der Waals surface area contributed by atoms with E-state index in [1.807, 2.05) is 38.1 Å². The molecule has 1 atom stereocenters. The van der Waals surface area contributed by atoms with Gasteiger partial charge in [0.15, 0.2) is 0 Å². The van der Waals surface area contributed by atoms with E-state index in [0.29, 0.717) is 36.5 Å². The van der Waals surface area contributed by atoms with Crippen LogP contribution in [-0.4, -0.2) is 72.5 Å². The molecule has 0 spiro atoms. The van der Waals surface area contributed by atoms with Crippen LogP contribution in [0.2, 0.25) is 0 Å². The maximum atomic E-state index is 12.3. The van der Waals surface area contributed by atoms with Crippen molar-refractivity contribution in [2.75, 3.05) is 45.3 Å². The van der Waals surface area contributed by atoms with Gasteiger partial charge in [0.05, 0.1) is 19.8 Å². The molecule has 1 saturated heterocycles. The molecule has 1 aromatic heterocycles. The fraction of sp³-hybridized carbons (Fsp3) is 0.625. The van der Waals surface area contributed by atoms with Crippen molar-refractivity contribution in [1.82, 2.24) is 20.4 Å². The molecule has 1 amide bonds. The van der Waals surface area contributed by atoms with Gasteiger partial charge in [0.1, 0.15) is 5.75 Å². The average molecular weight is 460 g/mol. The smallest absolute Gasteiger partial charge is 0.266 e. The number of aryl methyl sites for hydroxylation is 1. The summed E-state index contributed by atoms with van der Waals surface area (Å²) in [6, 6.07) is 5.24. The van der Waals surface area contributed by atoms with E-state index in [4.69, 9.17) is 14.4 Å². The molecule has 0 radical (unpaired) electrons. The normalized spacial score (nSPS) is 15.6. The third-order valence-electron chi connectivity index (χ3n) is 5.93. The van der Waals surface area contributed by atoms with Crippen LogP contribution in [0.1, 0.15) is 54.4 Å². The van der Waals surface area contributed by atoms with Crippen LogP contribution >= 0.6 is 0 Å². The largest absolute Gasteiger partial charge is 0.494 e. The summed E-state index contributed by atoms with van der Waals surface area (Å²) in [5.74, 6) is 2.63. The molecular weight excluding hydrogens is 422 g/mol. The van der Waals surface area contributed by atoms with Gasteiger partial charge in [0.2, 0.25) is 5.89 Å². The van der Waals surface area contributed by atoms with Crippen LogP contribution in [0.15, 0.2) is 22.7 Å². The molecule has 2 heterocycles. The van der Waals surface area contributed by atoms with Gasteiger partial charge in [0, 0.05) is 24.7 Å². The number of carbonyl (C=O) groups excluding carboxylic acids is 1. The predicted octanol–water partition coefficient (Wildman–Crippen LogP) is 2.63. The fourth-order valence-corrected chi connectivity index (χ4v) is 4.02. The summed E-state index contributed by atoms with van der Waals surface area (Å²) in [5, 5.41) is 16.0. The van der Waals surface area contributed by atoms with Crippen molar-refractivity contribution in [2.24, 2.45) is 5.92 Å². The highest BCUT2D eigenvalue weighted by atomic mass is 16.5. The van der Waals surface area contributed by atoms with Gasteiger partial charge in [-0.15, -0.1) is 0 Å². The molecule has 1 fully saturated rings. The van der Waals surface area contributed by atoms with Crippen LogP contribution in [0.4, 0.5) is 5.95 Å². The zero-order chi connectivity index (χ0) is 23.8. The molecule has 2 aromatic rings. The molecule has 3 rings (SSSR count). The Hall–Kier alpha value is -2.65. The second kappa shape index (κ2) is 12.0. The molecule has 9 nitrogen and oxygen atoms in total. The van der Waals surface area contributed by atoms with Crippen molar-refractivity contribution in [3.8, 4) is 5.75 Å². The van der Waals surface area contributed by atoms with E-state index in [9.17, 15) is 4.79 Å². The number of ether oxygens (including phenoxy) is 1. The lowest BCUT2D eigenvalue weighted by Crippen LogP contribution is -2.35. The zero-order valence-electron chi connectivity index (χ0n) is 20.2. The minimum Gasteiger partial charge on any atom is -0.494 e. The van der Waals surface area contributed by atoms with Crippen molar-refractivity contribution >= 4 is 11.9 Å². The van der Waals surface area contributed by atoms with Gasteiger partial charge >= 0.3 is 0 Å². The Morgan fingerprint density at radius 3 is 2.79 bits per heavy atom. The van der Waals surface area contributed by atoms with Crippen LogP contribution in [0.25, 0.3) is 0 Å². The topological polar surface area (TPSA) is 104 Å². The predicted molar refractivity (Wildman–Crippen MR) is 127 cm³/mol. The first-order valence-electron chi connectivity index (χ1n) is 11.7. The average Bonchev–Trinajstić information content (AvgIpc) is 3.24. The summed E-state index contributed by atoms with van der Waals surface area (Å²) in [7, 11) is 3.96. The molecule has 2 N–H and O–H groups in total. The summed E-state index contributed by atoms with van der Waals surface area (Å²) in [6.45, 7) is 6.79. The van der Waals surface area contributed by atoms with Crippen LogP contribution in [0, 0.1) is 12.8 Å². The Kier molecular flexibility index (Phi) is 9.08. The van der Waals surface area contributed by atoms with Crippen molar-refractivity contribution in [2.45, 2.75) is 52.1 Å². The Balaban J connectivity index is 1.36. The first-order chi connectivity index (χ1) is 15.9. The number of carbonyl (C=O) groups is 1. The van der Waals surface area contributed by atoms with Crippen molar-refractivity contribution < 1.29 is 19.2 Å². The number of anilines is 1. The lowest BCUT2D eigenvalue weighted by molar-refractivity contribution is 0.0921. The van der Waals surface area contributed by atoms with E-state index in [0.717, 1.165) is 50.1 Å². The van der Waals surface area contributed by atoms with Crippen LogP contribution in [-0.2, 0) is 6.54 Å². The molecule has 0 aliphatic carbocycles. The van der Waals surface area contributed by atoms with E-state index in [2.05, 4.69) is 20.4 Å². The summed E-state index contributed by atoms with van der Waals surface area (Å²) in [6.07, 6.45) is 4.36. The molecule has 0 saturated carbocycles. The number of nitrogens with one attached hydrogen (secondary N) is 1. The van der Waals surface area contributed by atoms with E-state index >= 15 is 0 Å². The number of benzene rings is 1. The molecule has 0 bridgehead atoms. The highest BCUT2D eigenvalue weighted by Crippen LogP contribution is 2.25. The molecule has 9 heteroatoms. The highest BCUT2D eigenvalue weighted by Gasteiger charge is 2.22. The number of aromatic nitrogens is 2. The van der Waals surface area contributed by atoms with Crippen LogP contribution in [0.3, 0.4) is 0 Å². The van der Waals surface area contributed by atoms with Crippen LogP contribution < -0.4 is 15.0 Å². The number of aliphatic hydroxyl groups excluding tert-OH is 1. The minimum absolute atomic E-state index is 0.0835. The number of aliphatic hydroxyl groups is 1. The van der Waals surface area contributed by atoms with E-state index in [1.54, 1.807) is 13.0 Å². The monoisotopic (exact) mass is 459 g/mol.